The third kappa shape index (κ3) is 4.30. The number of aromatic nitrogens is 2. The summed E-state index contributed by atoms with van der Waals surface area (Å²) in [5.74, 6) is 0. The molecule has 1 atom stereocenters. The first-order chi connectivity index (χ1) is 11.6. The molecule has 0 unspecified atom stereocenters. The van der Waals surface area contributed by atoms with Gasteiger partial charge in [0.2, 0.25) is 0 Å². The van der Waals surface area contributed by atoms with E-state index in [4.69, 9.17) is 0 Å². The quantitative estimate of drug-likeness (QED) is 0.924. The summed E-state index contributed by atoms with van der Waals surface area (Å²) in [6, 6.07) is 5.64. The van der Waals surface area contributed by atoms with Gasteiger partial charge in [0, 0.05) is 44.3 Å². The zero-order valence-electron chi connectivity index (χ0n) is 14.1. The van der Waals surface area contributed by atoms with Crippen LogP contribution in [0.15, 0.2) is 29.8 Å². The molecule has 0 saturated carbocycles. The normalized spacial score (nSPS) is 16.8. The zero-order chi connectivity index (χ0) is 16.9. The summed E-state index contributed by atoms with van der Waals surface area (Å²) in [4.78, 5) is 25.4. The van der Waals surface area contributed by atoms with Crippen LogP contribution in [-0.2, 0) is 6.54 Å². The number of carbonyl (C=O) groups is 1. The fourth-order valence-corrected chi connectivity index (χ4v) is 3.41. The lowest BCUT2D eigenvalue weighted by Crippen LogP contribution is -2.51. The Morgan fingerprint density at radius 3 is 2.75 bits per heavy atom. The van der Waals surface area contributed by atoms with E-state index in [1.807, 2.05) is 36.9 Å². The molecule has 0 bridgehead atoms. The molecule has 0 radical (unpaired) electrons. The third-order valence-electron chi connectivity index (χ3n) is 4.18. The number of pyridine rings is 1. The van der Waals surface area contributed by atoms with Crippen LogP contribution in [0.2, 0.25) is 0 Å². The van der Waals surface area contributed by atoms with Crippen molar-refractivity contribution in [2.45, 2.75) is 26.4 Å². The Morgan fingerprint density at radius 2 is 2.12 bits per heavy atom. The van der Waals surface area contributed by atoms with Crippen LogP contribution in [0.5, 0.6) is 0 Å². The van der Waals surface area contributed by atoms with Crippen molar-refractivity contribution in [3.63, 3.8) is 0 Å². The number of thiazole rings is 1. The lowest BCUT2D eigenvalue weighted by Gasteiger charge is -2.34. The van der Waals surface area contributed by atoms with Crippen molar-refractivity contribution in [2.24, 2.45) is 0 Å². The highest BCUT2D eigenvalue weighted by Gasteiger charge is 2.23. The van der Waals surface area contributed by atoms with Crippen LogP contribution < -0.4 is 5.32 Å². The molecule has 6 nitrogen and oxygen atoms in total. The van der Waals surface area contributed by atoms with Crippen LogP contribution in [0.1, 0.15) is 29.4 Å². The molecule has 1 aliphatic rings. The van der Waals surface area contributed by atoms with Crippen molar-refractivity contribution >= 4 is 17.4 Å². The van der Waals surface area contributed by atoms with E-state index in [0.717, 1.165) is 49.1 Å². The number of nitrogens with one attached hydrogen (secondary N) is 1. The Hall–Kier alpha value is -1.99. The standard InChI is InChI=1S/C17H23N5OS/c1-13(16-5-3-4-6-18-16)19-17(23)22-9-7-21(8-10-22)11-15-12-24-14(2)20-15/h3-6,12-13H,7-11H2,1-2H3,(H,19,23)/t13-/m1/s1. The Kier molecular flexibility index (Phi) is 5.42. The molecule has 0 aliphatic carbocycles. The number of aryl methyl sites for hydroxylation is 1. The average Bonchev–Trinajstić information content (AvgIpc) is 3.01. The predicted molar refractivity (Wildman–Crippen MR) is 94.9 cm³/mol. The Labute approximate surface area is 146 Å². The van der Waals surface area contributed by atoms with E-state index < -0.39 is 0 Å². The van der Waals surface area contributed by atoms with Gasteiger partial charge in [0.05, 0.1) is 22.4 Å². The fourth-order valence-electron chi connectivity index (χ4n) is 2.80. The van der Waals surface area contributed by atoms with Crippen LogP contribution in [0.25, 0.3) is 0 Å². The summed E-state index contributed by atoms with van der Waals surface area (Å²) < 4.78 is 0. The van der Waals surface area contributed by atoms with E-state index in [0.29, 0.717) is 0 Å². The number of urea groups is 1. The van der Waals surface area contributed by atoms with Crippen molar-refractivity contribution in [1.29, 1.82) is 0 Å². The zero-order valence-corrected chi connectivity index (χ0v) is 14.9. The highest BCUT2D eigenvalue weighted by atomic mass is 32.1. The van der Waals surface area contributed by atoms with E-state index in [-0.39, 0.29) is 12.1 Å². The first-order valence-electron chi connectivity index (χ1n) is 8.21. The Morgan fingerprint density at radius 1 is 1.33 bits per heavy atom. The van der Waals surface area contributed by atoms with Crippen molar-refractivity contribution in [2.75, 3.05) is 26.2 Å². The number of piperazine rings is 1. The van der Waals surface area contributed by atoms with Gasteiger partial charge < -0.3 is 10.2 Å². The van der Waals surface area contributed by atoms with Gasteiger partial charge in [-0.1, -0.05) is 6.07 Å². The second-order valence-electron chi connectivity index (χ2n) is 6.05. The highest BCUT2D eigenvalue weighted by molar-refractivity contribution is 7.09. The molecule has 24 heavy (non-hydrogen) atoms. The molecule has 3 rings (SSSR count). The minimum atomic E-state index is -0.0882. The van der Waals surface area contributed by atoms with E-state index in [1.54, 1.807) is 17.5 Å². The first-order valence-corrected chi connectivity index (χ1v) is 9.09. The van der Waals surface area contributed by atoms with E-state index in [2.05, 4.69) is 25.6 Å². The summed E-state index contributed by atoms with van der Waals surface area (Å²) >= 11 is 1.68. The summed E-state index contributed by atoms with van der Waals surface area (Å²) in [5, 5.41) is 6.25. The van der Waals surface area contributed by atoms with Gasteiger partial charge in [-0.3, -0.25) is 9.88 Å². The first kappa shape index (κ1) is 16.9. The van der Waals surface area contributed by atoms with Gasteiger partial charge in [-0.25, -0.2) is 9.78 Å². The van der Waals surface area contributed by atoms with E-state index in [9.17, 15) is 4.79 Å². The summed E-state index contributed by atoms with van der Waals surface area (Å²) in [7, 11) is 0. The van der Waals surface area contributed by atoms with Crippen molar-refractivity contribution < 1.29 is 4.79 Å². The number of carbonyl (C=O) groups excluding carboxylic acids is 1. The molecule has 2 aromatic rings. The lowest BCUT2D eigenvalue weighted by atomic mass is 10.2. The van der Waals surface area contributed by atoms with Crippen LogP contribution >= 0.6 is 11.3 Å². The molecule has 1 N–H and O–H groups in total. The fraction of sp³-hybridized carbons (Fsp3) is 0.471. The highest BCUT2D eigenvalue weighted by Crippen LogP contribution is 2.13. The number of hydrogen-bond donors (Lipinski definition) is 1. The van der Waals surface area contributed by atoms with E-state index in [1.165, 1.54) is 0 Å². The van der Waals surface area contributed by atoms with Crippen molar-refractivity contribution in [3.05, 3.63) is 46.2 Å². The predicted octanol–water partition coefficient (Wildman–Crippen LogP) is 2.43. The molecule has 1 saturated heterocycles. The Balaban J connectivity index is 1.46. The van der Waals surface area contributed by atoms with Gasteiger partial charge in [-0.2, -0.15) is 0 Å². The van der Waals surface area contributed by atoms with Crippen molar-refractivity contribution in [1.82, 2.24) is 25.1 Å². The van der Waals surface area contributed by atoms with Crippen LogP contribution in [0.4, 0.5) is 4.79 Å². The molecule has 0 spiro atoms. The second-order valence-corrected chi connectivity index (χ2v) is 7.11. The van der Waals surface area contributed by atoms with Crippen LogP contribution in [0, 0.1) is 6.92 Å². The second kappa shape index (κ2) is 7.72. The molecule has 2 aromatic heterocycles. The number of hydrogen-bond acceptors (Lipinski definition) is 5. The summed E-state index contributed by atoms with van der Waals surface area (Å²) in [6.45, 7) is 8.09. The minimum absolute atomic E-state index is 0.0164. The minimum Gasteiger partial charge on any atom is -0.330 e. The van der Waals surface area contributed by atoms with Crippen LogP contribution in [0.3, 0.4) is 0 Å². The molecular formula is C17H23N5OS. The molecule has 1 aliphatic heterocycles. The van der Waals surface area contributed by atoms with Gasteiger partial charge in [-0.15, -0.1) is 11.3 Å². The van der Waals surface area contributed by atoms with Crippen LogP contribution in [-0.4, -0.2) is 52.0 Å². The molecule has 2 amide bonds. The summed E-state index contributed by atoms with van der Waals surface area (Å²) in [6.07, 6.45) is 1.75. The Bertz CT molecular complexity index is 667. The maximum absolute atomic E-state index is 12.4. The topological polar surface area (TPSA) is 61.4 Å². The van der Waals surface area contributed by atoms with Gasteiger partial charge >= 0.3 is 6.03 Å². The molecule has 1 fully saturated rings. The largest absolute Gasteiger partial charge is 0.330 e. The van der Waals surface area contributed by atoms with Gasteiger partial charge in [0.1, 0.15) is 0 Å². The molecule has 0 aromatic carbocycles. The summed E-state index contributed by atoms with van der Waals surface area (Å²) in [5.41, 5.74) is 2.00. The lowest BCUT2D eigenvalue weighted by molar-refractivity contribution is 0.133. The maximum Gasteiger partial charge on any atom is 0.318 e. The average molecular weight is 345 g/mol. The van der Waals surface area contributed by atoms with Crippen molar-refractivity contribution in [3.8, 4) is 0 Å². The molecular weight excluding hydrogens is 322 g/mol. The number of rotatable bonds is 4. The molecule has 7 heteroatoms. The molecule has 3 heterocycles. The third-order valence-corrected chi connectivity index (χ3v) is 5.01. The van der Waals surface area contributed by atoms with E-state index >= 15 is 0 Å². The smallest absolute Gasteiger partial charge is 0.318 e. The van der Waals surface area contributed by atoms with Gasteiger partial charge in [0.15, 0.2) is 0 Å². The van der Waals surface area contributed by atoms with Gasteiger partial charge in [-0.05, 0) is 26.0 Å². The number of nitrogens with zero attached hydrogens (tertiary/aromatic N) is 4. The monoisotopic (exact) mass is 345 g/mol. The number of amides is 2. The maximum atomic E-state index is 12.4. The SMILES string of the molecule is Cc1nc(CN2CCN(C(=O)N[C@H](C)c3ccccn3)CC2)cs1. The molecule has 128 valence electrons. The van der Waals surface area contributed by atoms with Gasteiger partial charge in [0.25, 0.3) is 0 Å².